The van der Waals surface area contributed by atoms with Gasteiger partial charge in [0.2, 0.25) is 5.91 Å². The average molecular weight is 388 g/mol. The number of hydrogen-bond acceptors (Lipinski definition) is 3. The van der Waals surface area contributed by atoms with Crippen LogP contribution in [0.2, 0.25) is 0 Å². The fourth-order valence-electron chi connectivity index (χ4n) is 3.81. The molecule has 1 heterocycles. The van der Waals surface area contributed by atoms with Crippen molar-refractivity contribution in [3.05, 3.63) is 66.2 Å². The molecule has 0 unspecified atom stereocenters. The van der Waals surface area contributed by atoms with Gasteiger partial charge in [0.05, 0.1) is 6.61 Å². The van der Waals surface area contributed by atoms with E-state index in [0.29, 0.717) is 32.8 Å². The fraction of sp³-hybridized carbons (Fsp3) is 0.250. The average Bonchev–Trinajstić information content (AvgIpc) is 2.76. The molecule has 1 fully saturated rings. The van der Waals surface area contributed by atoms with Gasteiger partial charge in [-0.15, -0.1) is 0 Å². The largest absolute Gasteiger partial charge is 0.450 e. The maximum atomic E-state index is 12.8. The molecule has 4 rings (SSSR count). The van der Waals surface area contributed by atoms with Crippen molar-refractivity contribution in [1.82, 2.24) is 9.80 Å². The Morgan fingerprint density at radius 1 is 0.897 bits per heavy atom. The summed E-state index contributed by atoms with van der Waals surface area (Å²) in [5.41, 5.74) is 1.05. The lowest BCUT2D eigenvalue weighted by molar-refractivity contribution is -0.127. The number of carbonyl (C=O) groups excluding carboxylic acids is 2. The van der Waals surface area contributed by atoms with Crippen LogP contribution in [0.15, 0.2) is 60.7 Å². The Labute approximate surface area is 170 Å². The zero-order chi connectivity index (χ0) is 20.2. The molecule has 5 heteroatoms. The number of benzene rings is 3. The van der Waals surface area contributed by atoms with E-state index in [0.717, 1.165) is 27.1 Å². The minimum Gasteiger partial charge on any atom is -0.450 e. The summed E-state index contributed by atoms with van der Waals surface area (Å²) in [7, 11) is 0. The highest BCUT2D eigenvalue weighted by Crippen LogP contribution is 2.29. The first-order chi connectivity index (χ1) is 14.2. The van der Waals surface area contributed by atoms with E-state index in [-0.39, 0.29) is 12.0 Å². The van der Waals surface area contributed by atoms with Crippen LogP contribution in [0.5, 0.6) is 0 Å². The van der Waals surface area contributed by atoms with Gasteiger partial charge in [-0.25, -0.2) is 4.79 Å². The molecule has 2 amide bonds. The molecule has 0 aliphatic carbocycles. The van der Waals surface area contributed by atoms with Gasteiger partial charge in [-0.2, -0.15) is 0 Å². The van der Waals surface area contributed by atoms with Gasteiger partial charge >= 0.3 is 6.09 Å². The third-order valence-corrected chi connectivity index (χ3v) is 5.32. The first kappa shape index (κ1) is 19.0. The fourth-order valence-corrected chi connectivity index (χ4v) is 3.81. The lowest BCUT2D eigenvalue weighted by Gasteiger charge is -2.33. The van der Waals surface area contributed by atoms with Crippen LogP contribution in [0, 0.1) is 0 Å². The van der Waals surface area contributed by atoms with Gasteiger partial charge in [0.25, 0.3) is 0 Å². The highest BCUT2D eigenvalue weighted by molar-refractivity contribution is 6.08. The molecule has 29 heavy (non-hydrogen) atoms. The monoisotopic (exact) mass is 388 g/mol. The molecule has 3 aromatic rings. The Kier molecular flexibility index (Phi) is 5.47. The molecule has 5 nitrogen and oxygen atoms in total. The van der Waals surface area contributed by atoms with Crippen molar-refractivity contribution >= 4 is 39.6 Å². The quantitative estimate of drug-likeness (QED) is 0.496. The molecular formula is C24H24N2O3. The second kappa shape index (κ2) is 8.35. The second-order valence-electron chi connectivity index (χ2n) is 7.08. The number of nitrogens with zero attached hydrogens (tertiary/aromatic N) is 2. The summed E-state index contributed by atoms with van der Waals surface area (Å²) in [6, 6.07) is 18.6. The number of piperazine rings is 1. The highest BCUT2D eigenvalue weighted by Gasteiger charge is 2.23. The van der Waals surface area contributed by atoms with Crippen LogP contribution in [0.25, 0.3) is 27.6 Å². The van der Waals surface area contributed by atoms with Crippen molar-refractivity contribution < 1.29 is 14.3 Å². The Bertz CT molecular complexity index is 1030. The van der Waals surface area contributed by atoms with E-state index in [9.17, 15) is 9.59 Å². The van der Waals surface area contributed by atoms with Gasteiger partial charge in [-0.3, -0.25) is 4.79 Å². The van der Waals surface area contributed by atoms with Crippen molar-refractivity contribution in [3.8, 4) is 0 Å². The number of hydrogen-bond donors (Lipinski definition) is 0. The standard InChI is InChI=1S/C24H24N2O3/c1-2-29-24(28)26-15-13-25(14-16-26)23(27)12-11-22-20-9-5-3-7-18(20)17-19-8-4-6-10-21(19)22/h3-12,17H,2,13-16H2,1H3/b12-11+. The van der Waals surface area contributed by atoms with E-state index in [1.807, 2.05) is 30.3 Å². The summed E-state index contributed by atoms with van der Waals surface area (Å²) < 4.78 is 5.03. The van der Waals surface area contributed by atoms with Crippen LogP contribution in [-0.2, 0) is 9.53 Å². The minimum atomic E-state index is -0.308. The van der Waals surface area contributed by atoms with Crippen molar-refractivity contribution in [2.24, 2.45) is 0 Å². The smallest absolute Gasteiger partial charge is 0.409 e. The number of amides is 2. The summed E-state index contributed by atoms with van der Waals surface area (Å²) in [5.74, 6) is -0.0366. The van der Waals surface area contributed by atoms with Crippen LogP contribution in [0.1, 0.15) is 12.5 Å². The van der Waals surface area contributed by atoms with Gasteiger partial charge in [-0.05, 0) is 46.2 Å². The van der Waals surface area contributed by atoms with E-state index in [1.54, 1.807) is 22.8 Å². The number of ether oxygens (including phenoxy) is 1. The Morgan fingerprint density at radius 3 is 2.03 bits per heavy atom. The molecule has 0 N–H and O–H groups in total. The Morgan fingerprint density at radius 2 is 1.45 bits per heavy atom. The van der Waals surface area contributed by atoms with Crippen LogP contribution < -0.4 is 0 Å². The van der Waals surface area contributed by atoms with E-state index >= 15 is 0 Å². The molecule has 0 aromatic heterocycles. The molecule has 0 saturated carbocycles. The maximum Gasteiger partial charge on any atom is 0.409 e. The molecule has 0 atom stereocenters. The van der Waals surface area contributed by atoms with Gasteiger partial charge in [0.1, 0.15) is 0 Å². The minimum absolute atomic E-state index is 0.0366. The van der Waals surface area contributed by atoms with Gasteiger partial charge in [0.15, 0.2) is 0 Å². The van der Waals surface area contributed by atoms with E-state index in [4.69, 9.17) is 4.74 Å². The number of carbonyl (C=O) groups is 2. The maximum absolute atomic E-state index is 12.8. The third kappa shape index (κ3) is 3.94. The zero-order valence-corrected chi connectivity index (χ0v) is 16.5. The van der Waals surface area contributed by atoms with Crippen molar-refractivity contribution in [2.75, 3.05) is 32.8 Å². The molecule has 3 aromatic carbocycles. The van der Waals surface area contributed by atoms with Crippen molar-refractivity contribution in [1.29, 1.82) is 0 Å². The predicted molar refractivity (Wildman–Crippen MR) is 116 cm³/mol. The Hall–Kier alpha value is -3.34. The highest BCUT2D eigenvalue weighted by atomic mass is 16.6. The summed E-state index contributed by atoms with van der Waals surface area (Å²) in [6.45, 7) is 4.17. The zero-order valence-electron chi connectivity index (χ0n) is 16.5. The molecule has 0 radical (unpaired) electrons. The normalized spacial score (nSPS) is 14.7. The number of fused-ring (bicyclic) bond motifs is 2. The van der Waals surface area contributed by atoms with Gasteiger partial charge in [0, 0.05) is 32.3 Å². The van der Waals surface area contributed by atoms with Crippen molar-refractivity contribution in [2.45, 2.75) is 6.92 Å². The summed E-state index contributed by atoms with van der Waals surface area (Å²) >= 11 is 0. The second-order valence-corrected chi connectivity index (χ2v) is 7.08. The number of rotatable bonds is 3. The van der Waals surface area contributed by atoms with E-state index < -0.39 is 0 Å². The first-order valence-corrected chi connectivity index (χ1v) is 9.96. The van der Waals surface area contributed by atoms with Crippen LogP contribution in [-0.4, -0.2) is 54.6 Å². The predicted octanol–water partition coefficient (Wildman–Crippen LogP) is 4.31. The lowest BCUT2D eigenvalue weighted by atomic mass is 9.96. The van der Waals surface area contributed by atoms with Crippen LogP contribution >= 0.6 is 0 Å². The van der Waals surface area contributed by atoms with Gasteiger partial charge in [-0.1, -0.05) is 48.5 Å². The van der Waals surface area contributed by atoms with Crippen LogP contribution in [0.3, 0.4) is 0 Å². The molecule has 0 spiro atoms. The molecule has 148 valence electrons. The van der Waals surface area contributed by atoms with Crippen molar-refractivity contribution in [3.63, 3.8) is 0 Å². The molecule has 1 aliphatic rings. The third-order valence-electron chi connectivity index (χ3n) is 5.32. The summed E-state index contributed by atoms with van der Waals surface area (Å²) in [5, 5.41) is 4.56. The van der Waals surface area contributed by atoms with Crippen LogP contribution in [0.4, 0.5) is 4.79 Å². The van der Waals surface area contributed by atoms with E-state index in [2.05, 4.69) is 30.3 Å². The lowest BCUT2D eigenvalue weighted by Crippen LogP contribution is -2.50. The first-order valence-electron chi connectivity index (χ1n) is 9.96. The topological polar surface area (TPSA) is 49.9 Å². The Balaban J connectivity index is 1.55. The summed E-state index contributed by atoms with van der Waals surface area (Å²) in [4.78, 5) is 28.0. The SMILES string of the molecule is CCOC(=O)N1CCN(C(=O)/C=C/c2c3ccccc3cc3ccccc23)CC1. The summed E-state index contributed by atoms with van der Waals surface area (Å²) in [6.07, 6.45) is 3.26. The molecular weight excluding hydrogens is 364 g/mol. The van der Waals surface area contributed by atoms with Gasteiger partial charge < -0.3 is 14.5 Å². The van der Waals surface area contributed by atoms with E-state index in [1.165, 1.54) is 0 Å². The molecule has 1 aliphatic heterocycles. The molecule has 1 saturated heterocycles. The molecule has 0 bridgehead atoms.